The maximum atomic E-state index is 12.2. The highest BCUT2D eigenvalue weighted by Gasteiger charge is 2.14. The van der Waals surface area contributed by atoms with Crippen LogP contribution in [0.2, 0.25) is 0 Å². The lowest BCUT2D eigenvalue weighted by Crippen LogP contribution is -2.35. The molecule has 2 aromatic heterocycles. The Balaban J connectivity index is 2.08. The van der Waals surface area contributed by atoms with Gasteiger partial charge < -0.3 is 4.90 Å². The third kappa shape index (κ3) is 2.90. The van der Waals surface area contributed by atoms with Gasteiger partial charge in [-0.3, -0.25) is 14.2 Å². The van der Waals surface area contributed by atoms with Crippen LogP contribution in [0.4, 0.5) is 0 Å². The normalized spacial score (nSPS) is 12.6. The van der Waals surface area contributed by atoms with E-state index in [9.17, 15) is 9.59 Å². The van der Waals surface area contributed by atoms with Gasteiger partial charge in [0, 0.05) is 26.1 Å². The lowest BCUT2D eigenvalue weighted by atomic mass is 10.2. The molecule has 0 bridgehead atoms. The maximum Gasteiger partial charge on any atom is 0.262 e. The van der Waals surface area contributed by atoms with Crippen molar-refractivity contribution in [3.8, 4) is 0 Å². The number of aromatic nitrogens is 2. The SMILES string of the molecule is CCC(C)N(C)C(=O)CCn1cnc2sccc2c1=O. The number of hydrogen-bond acceptors (Lipinski definition) is 4. The third-order valence-corrected chi connectivity index (χ3v) is 4.48. The molecular formula is C14H19N3O2S. The molecule has 2 heterocycles. The van der Waals surface area contributed by atoms with Gasteiger partial charge >= 0.3 is 0 Å². The number of carbonyl (C=O) groups is 1. The van der Waals surface area contributed by atoms with Crippen LogP contribution in [-0.4, -0.2) is 33.4 Å². The van der Waals surface area contributed by atoms with E-state index in [1.165, 1.54) is 22.2 Å². The van der Waals surface area contributed by atoms with Crippen LogP contribution in [0.15, 0.2) is 22.6 Å². The van der Waals surface area contributed by atoms with Crippen LogP contribution in [0.25, 0.3) is 10.2 Å². The van der Waals surface area contributed by atoms with Crippen molar-refractivity contribution >= 4 is 27.5 Å². The fourth-order valence-electron chi connectivity index (χ4n) is 1.96. The van der Waals surface area contributed by atoms with Crippen molar-refractivity contribution < 1.29 is 4.79 Å². The minimum atomic E-state index is -0.0738. The Kier molecular flexibility index (Phi) is 4.54. The second-order valence-electron chi connectivity index (χ2n) is 4.89. The molecule has 0 radical (unpaired) electrons. The van der Waals surface area contributed by atoms with Crippen molar-refractivity contribution in [2.45, 2.75) is 39.3 Å². The van der Waals surface area contributed by atoms with E-state index in [4.69, 9.17) is 0 Å². The van der Waals surface area contributed by atoms with E-state index < -0.39 is 0 Å². The molecular weight excluding hydrogens is 274 g/mol. The molecule has 0 fully saturated rings. The molecule has 2 rings (SSSR count). The molecule has 5 nitrogen and oxygen atoms in total. The Morgan fingerprint density at radius 3 is 3.00 bits per heavy atom. The summed E-state index contributed by atoms with van der Waals surface area (Å²) in [7, 11) is 1.81. The van der Waals surface area contributed by atoms with E-state index in [0.29, 0.717) is 18.4 Å². The molecule has 0 saturated carbocycles. The van der Waals surface area contributed by atoms with Crippen molar-refractivity contribution in [1.29, 1.82) is 0 Å². The van der Waals surface area contributed by atoms with Gasteiger partial charge in [-0.25, -0.2) is 4.98 Å². The van der Waals surface area contributed by atoms with E-state index in [2.05, 4.69) is 4.98 Å². The number of nitrogens with zero attached hydrogens (tertiary/aromatic N) is 3. The second-order valence-corrected chi connectivity index (χ2v) is 5.79. The lowest BCUT2D eigenvalue weighted by Gasteiger charge is -2.23. The van der Waals surface area contributed by atoms with Crippen LogP contribution in [0.1, 0.15) is 26.7 Å². The third-order valence-electron chi connectivity index (χ3n) is 3.66. The number of hydrogen-bond donors (Lipinski definition) is 0. The Hall–Kier alpha value is -1.69. The number of fused-ring (bicyclic) bond motifs is 1. The van der Waals surface area contributed by atoms with Crippen LogP contribution in [0.3, 0.4) is 0 Å². The zero-order valence-electron chi connectivity index (χ0n) is 12.0. The van der Waals surface area contributed by atoms with E-state index in [1.54, 1.807) is 18.0 Å². The Morgan fingerprint density at radius 2 is 2.30 bits per heavy atom. The van der Waals surface area contributed by atoms with Gasteiger partial charge in [-0.15, -0.1) is 11.3 Å². The molecule has 108 valence electrons. The highest BCUT2D eigenvalue weighted by molar-refractivity contribution is 7.16. The topological polar surface area (TPSA) is 55.2 Å². The average molecular weight is 293 g/mol. The highest BCUT2D eigenvalue weighted by atomic mass is 32.1. The summed E-state index contributed by atoms with van der Waals surface area (Å²) in [5.41, 5.74) is -0.0738. The van der Waals surface area contributed by atoms with Crippen LogP contribution in [0.5, 0.6) is 0 Å². The summed E-state index contributed by atoms with van der Waals surface area (Å²) in [4.78, 5) is 30.9. The summed E-state index contributed by atoms with van der Waals surface area (Å²) in [5, 5.41) is 2.48. The molecule has 1 amide bonds. The van der Waals surface area contributed by atoms with Gasteiger partial charge in [0.05, 0.1) is 11.7 Å². The predicted octanol–water partition coefficient (Wildman–Crippen LogP) is 2.10. The summed E-state index contributed by atoms with van der Waals surface area (Å²) in [6.45, 7) is 4.44. The summed E-state index contributed by atoms with van der Waals surface area (Å²) in [6, 6.07) is 2.00. The number of carbonyl (C=O) groups excluding carboxylic acids is 1. The first-order valence-electron chi connectivity index (χ1n) is 6.73. The molecule has 1 atom stereocenters. The van der Waals surface area contributed by atoms with E-state index in [-0.39, 0.29) is 17.5 Å². The summed E-state index contributed by atoms with van der Waals surface area (Å²) >= 11 is 1.45. The summed E-state index contributed by atoms with van der Waals surface area (Å²) < 4.78 is 1.51. The largest absolute Gasteiger partial charge is 0.343 e. The standard InChI is InChI=1S/C14H19N3O2S/c1-4-10(2)16(3)12(18)5-7-17-9-15-13-11(14(17)19)6-8-20-13/h6,8-10H,4-5,7H2,1-3H3. The molecule has 0 N–H and O–H groups in total. The number of aryl methyl sites for hydroxylation is 1. The highest BCUT2D eigenvalue weighted by Crippen LogP contribution is 2.13. The number of rotatable bonds is 5. The van der Waals surface area contributed by atoms with Crippen LogP contribution in [-0.2, 0) is 11.3 Å². The van der Waals surface area contributed by atoms with Gasteiger partial charge in [0.25, 0.3) is 5.56 Å². The number of amides is 1. The maximum absolute atomic E-state index is 12.2. The molecule has 0 aromatic carbocycles. The van der Waals surface area contributed by atoms with Gasteiger partial charge in [0.2, 0.25) is 5.91 Å². The van der Waals surface area contributed by atoms with Gasteiger partial charge in [0.15, 0.2) is 0 Å². The van der Waals surface area contributed by atoms with Gasteiger partial charge in [0.1, 0.15) is 4.83 Å². The van der Waals surface area contributed by atoms with Crippen molar-refractivity contribution in [2.75, 3.05) is 7.05 Å². The predicted molar refractivity (Wildman–Crippen MR) is 81.0 cm³/mol. The first-order valence-corrected chi connectivity index (χ1v) is 7.60. The smallest absolute Gasteiger partial charge is 0.262 e. The quantitative estimate of drug-likeness (QED) is 0.848. The van der Waals surface area contributed by atoms with Crippen molar-refractivity contribution in [3.63, 3.8) is 0 Å². The van der Waals surface area contributed by atoms with E-state index in [1.807, 2.05) is 19.2 Å². The van der Waals surface area contributed by atoms with Crippen molar-refractivity contribution in [2.24, 2.45) is 0 Å². The molecule has 0 aliphatic rings. The Bertz CT molecular complexity index is 662. The minimum Gasteiger partial charge on any atom is -0.343 e. The van der Waals surface area contributed by atoms with Gasteiger partial charge in [-0.1, -0.05) is 6.92 Å². The molecule has 1 unspecified atom stereocenters. The lowest BCUT2D eigenvalue weighted by molar-refractivity contribution is -0.131. The molecule has 0 spiro atoms. The second kappa shape index (κ2) is 6.17. The summed E-state index contributed by atoms with van der Waals surface area (Å²) in [5.74, 6) is 0.0525. The monoisotopic (exact) mass is 293 g/mol. The molecule has 0 saturated heterocycles. The number of thiophene rings is 1. The van der Waals surface area contributed by atoms with E-state index in [0.717, 1.165) is 11.3 Å². The fraction of sp³-hybridized carbons (Fsp3) is 0.500. The zero-order valence-corrected chi connectivity index (χ0v) is 12.8. The summed E-state index contributed by atoms with van der Waals surface area (Å²) in [6.07, 6.45) is 2.76. The molecule has 0 aliphatic heterocycles. The fourth-order valence-corrected chi connectivity index (χ4v) is 2.69. The molecule has 2 aromatic rings. The first-order chi connectivity index (χ1) is 9.54. The zero-order chi connectivity index (χ0) is 14.7. The van der Waals surface area contributed by atoms with Gasteiger partial charge in [-0.2, -0.15) is 0 Å². The molecule has 20 heavy (non-hydrogen) atoms. The van der Waals surface area contributed by atoms with Crippen LogP contribution in [0, 0.1) is 0 Å². The van der Waals surface area contributed by atoms with E-state index >= 15 is 0 Å². The molecule has 0 aliphatic carbocycles. The van der Waals surface area contributed by atoms with Crippen molar-refractivity contribution in [3.05, 3.63) is 28.1 Å². The van der Waals surface area contributed by atoms with Crippen molar-refractivity contribution in [1.82, 2.24) is 14.5 Å². The average Bonchev–Trinajstić information content (AvgIpc) is 2.94. The Morgan fingerprint density at radius 1 is 1.55 bits per heavy atom. The molecule has 6 heteroatoms. The van der Waals surface area contributed by atoms with Crippen LogP contribution >= 0.6 is 11.3 Å². The minimum absolute atomic E-state index is 0.0525. The first kappa shape index (κ1) is 14.7. The Labute approximate surface area is 121 Å². The van der Waals surface area contributed by atoms with Gasteiger partial charge in [-0.05, 0) is 24.8 Å². The van der Waals surface area contributed by atoms with Crippen LogP contribution < -0.4 is 5.56 Å².